The third-order valence-corrected chi connectivity index (χ3v) is 2.45. The Labute approximate surface area is 105 Å². The molecule has 0 atom stereocenters. The van der Waals surface area contributed by atoms with Gasteiger partial charge in [-0.05, 0) is 12.1 Å². The number of hydrogen-bond acceptors (Lipinski definition) is 5. The van der Waals surface area contributed by atoms with Crippen molar-refractivity contribution in [2.24, 2.45) is 0 Å². The molecule has 0 fully saturated rings. The Bertz CT molecular complexity index is 543. The molecule has 0 saturated carbocycles. The molecule has 0 spiro atoms. The highest BCUT2D eigenvalue weighted by molar-refractivity contribution is 5.93. The number of pyridine rings is 2. The number of methoxy groups -OCH3 is 1. The lowest BCUT2D eigenvalue weighted by molar-refractivity contribution is 0.0468. The Morgan fingerprint density at radius 3 is 3.06 bits per heavy atom. The molecule has 0 aliphatic carbocycles. The summed E-state index contributed by atoms with van der Waals surface area (Å²) in [4.78, 5) is 19.9. The fraction of sp³-hybridized carbons (Fsp3) is 0.308. The monoisotopic (exact) mass is 246 g/mol. The van der Waals surface area contributed by atoms with Crippen LogP contribution in [0.15, 0.2) is 30.7 Å². The van der Waals surface area contributed by atoms with E-state index >= 15 is 0 Å². The Morgan fingerprint density at radius 2 is 2.22 bits per heavy atom. The summed E-state index contributed by atoms with van der Waals surface area (Å²) < 4.78 is 9.98. The highest BCUT2D eigenvalue weighted by Crippen LogP contribution is 2.12. The van der Waals surface area contributed by atoms with Gasteiger partial charge in [-0.1, -0.05) is 0 Å². The Hall–Kier alpha value is -2.01. The minimum absolute atomic E-state index is 0.348. The van der Waals surface area contributed by atoms with Crippen molar-refractivity contribution in [2.45, 2.75) is 6.42 Å². The van der Waals surface area contributed by atoms with Crippen molar-refractivity contribution in [3.63, 3.8) is 0 Å². The van der Waals surface area contributed by atoms with Gasteiger partial charge in [0.2, 0.25) is 0 Å². The van der Waals surface area contributed by atoms with Crippen LogP contribution >= 0.6 is 0 Å². The highest BCUT2D eigenvalue weighted by Gasteiger charge is 2.08. The van der Waals surface area contributed by atoms with E-state index in [1.165, 1.54) is 6.20 Å². The number of carbonyl (C=O) groups excluding carboxylic acids is 1. The van der Waals surface area contributed by atoms with E-state index in [9.17, 15) is 4.79 Å². The first-order valence-electron chi connectivity index (χ1n) is 5.67. The molecule has 18 heavy (non-hydrogen) atoms. The van der Waals surface area contributed by atoms with Crippen molar-refractivity contribution >= 4 is 16.9 Å². The van der Waals surface area contributed by atoms with E-state index in [4.69, 9.17) is 9.47 Å². The lowest BCUT2D eigenvalue weighted by Gasteiger charge is -2.04. The van der Waals surface area contributed by atoms with Gasteiger partial charge in [-0.25, -0.2) is 4.79 Å². The maximum absolute atomic E-state index is 11.7. The van der Waals surface area contributed by atoms with Gasteiger partial charge in [-0.15, -0.1) is 0 Å². The number of hydrogen-bond donors (Lipinski definition) is 0. The van der Waals surface area contributed by atoms with Gasteiger partial charge in [0.1, 0.15) is 0 Å². The third-order valence-electron chi connectivity index (χ3n) is 2.45. The second kappa shape index (κ2) is 6.07. The van der Waals surface area contributed by atoms with Crippen LogP contribution in [0, 0.1) is 0 Å². The third kappa shape index (κ3) is 3.01. The second-order valence-electron chi connectivity index (χ2n) is 3.77. The van der Waals surface area contributed by atoms with Gasteiger partial charge in [0, 0.05) is 37.9 Å². The first-order valence-corrected chi connectivity index (χ1v) is 5.67. The van der Waals surface area contributed by atoms with E-state index in [0.717, 1.165) is 10.9 Å². The molecule has 2 aromatic rings. The van der Waals surface area contributed by atoms with Crippen LogP contribution in [0.2, 0.25) is 0 Å². The number of aromatic nitrogens is 2. The van der Waals surface area contributed by atoms with Gasteiger partial charge in [0.25, 0.3) is 0 Å². The zero-order valence-corrected chi connectivity index (χ0v) is 10.1. The van der Waals surface area contributed by atoms with E-state index in [-0.39, 0.29) is 5.97 Å². The molecule has 0 radical (unpaired) electrons. The number of rotatable bonds is 5. The summed E-state index contributed by atoms with van der Waals surface area (Å²) in [6, 6.07) is 3.56. The van der Waals surface area contributed by atoms with Gasteiger partial charge < -0.3 is 9.47 Å². The van der Waals surface area contributed by atoms with Crippen LogP contribution < -0.4 is 0 Å². The summed E-state index contributed by atoms with van der Waals surface area (Å²) >= 11 is 0. The fourth-order valence-electron chi connectivity index (χ4n) is 1.53. The molecule has 94 valence electrons. The summed E-state index contributed by atoms with van der Waals surface area (Å²) in [6.45, 7) is 0.927. The van der Waals surface area contributed by atoms with Crippen molar-refractivity contribution in [1.82, 2.24) is 9.97 Å². The Morgan fingerprint density at radius 1 is 1.33 bits per heavy atom. The largest absolute Gasteiger partial charge is 0.462 e. The van der Waals surface area contributed by atoms with Gasteiger partial charge in [0.15, 0.2) is 0 Å². The number of nitrogens with zero attached hydrogens (tertiary/aromatic N) is 2. The number of ether oxygens (including phenoxy) is 2. The van der Waals surface area contributed by atoms with Crippen LogP contribution in [-0.4, -0.2) is 36.3 Å². The van der Waals surface area contributed by atoms with E-state index in [1.807, 2.05) is 6.07 Å². The predicted molar refractivity (Wildman–Crippen MR) is 66.3 cm³/mol. The molecule has 0 aromatic carbocycles. The SMILES string of the molecule is COCCCOC(=O)c1cnc2cnccc2c1. The van der Waals surface area contributed by atoms with Crippen molar-refractivity contribution in [2.75, 3.05) is 20.3 Å². The van der Waals surface area contributed by atoms with Gasteiger partial charge in [0.05, 0.1) is 23.9 Å². The van der Waals surface area contributed by atoms with Gasteiger partial charge in [-0.2, -0.15) is 0 Å². The van der Waals surface area contributed by atoms with Crippen LogP contribution in [0.25, 0.3) is 10.9 Å². The molecule has 0 aliphatic rings. The van der Waals surface area contributed by atoms with Crippen molar-refractivity contribution in [3.05, 3.63) is 36.3 Å². The van der Waals surface area contributed by atoms with Crippen molar-refractivity contribution in [1.29, 1.82) is 0 Å². The first kappa shape index (κ1) is 12.4. The molecule has 5 heteroatoms. The maximum Gasteiger partial charge on any atom is 0.339 e. The smallest absolute Gasteiger partial charge is 0.339 e. The van der Waals surface area contributed by atoms with Crippen LogP contribution in [0.5, 0.6) is 0 Å². The number of fused-ring (bicyclic) bond motifs is 1. The van der Waals surface area contributed by atoms with E-state index < -0.39 is 0 Å². The van der Waals surface area contributed by atoms with Gasteiger partial charge in [-0.3, -0.25) is 9.97 Å². The Balaban J connectivity index is 2.04. The molecule has 0 unspecified atom stereocenters. The predicted octanol–water partition coefficient (Wildman–Crippen LogP) is 1.82. The average molecular weight is 246 g/mol. The van der Waals surface area contributed by atoms with E-state index in [0.29, 0.717) is 25.2 Å². The van der Waals surface area contributed by atoms with Crippen LogP contribution in [0.4, 0.5) is 0 Å². The number of esters is 1. The quantitative estimate of drug-likeness (QED) is 0.595. The van der Waals surface area contributed by atoms with E-state index in [1.54, 1.807) is 25.6 Å². The fourth-order valence-corrected chi connectivity index (χ4v) is 1.53. The minimum Gasteiger partial charge on any atom is -0.462 e. The number of carbonyl (C=O) groups is 1. The molecule has 2 aromatic heterocycles. The standard InChI is InChI=1S/C13H14N2O3/c1-17-5-2-6-18-13(16)11-7-10-3-4-14-9-12(10)15-8-11/h3-4,7-9H,2,5-6H2,1H3. The maximum atomic E-state index is 11.7. The molecule has 0 bridgehead atoms. The molecule has 5 nitrogen and oxygen atoms in total. The van der Waals surface area contributed by atoms with Crippen molar-refractivity contribution < 1.29 is 14.3 Å². The molecule has 2 heterocycles. The minimum atomic E-state index is -0.364. The highest BCUT2D eigenvalue weighted by atomic mass is 16.5. The molecule has 0 saturated heterocycles. The van der Waals surface area contributed by atoms with Gasteiger partial charge >= 0.3 is 5.97 Å². The van der Waals surface area contributed by atoms with Crippen molar-refractivity contribution in [3.8, 4) is 0 Å². The average Bonchev–Trinajstić information content (AvgIpc) is 2.43. The molecule has 0 aliphatic heterocycles. The normalized spacial score (nSPS) is 10.5. The van der Waals surface area contributed by atoms with Crippen LogP contribution in [0.1, 0.15) is 16.8 Å². The lowest BCUT2D eigenvalue weighted by Crippen LogP contribution is -2.08. The summed E-state index contributed by atoms with van der Waals surface area (Å²) in [5.41, 5.74) is 1.21. The summed E-state index contributed by atoms with van der Waals surface area (Å²) in [5.74, 6) is -0.364. The molecular weight excluding hydrogens is 232 g/mol. The Kier molecular flexibility index (Phi) is 4.20. The molecular formula is C13H14N2O3. The van der Waals surface area contributed by atoms with E-state index in [2.05, 4.69) is 9.97 Å². The van der Waals surface area contributed by atoms with Crippen LogP contribution in [-0.2, 0) is 9.47 Å². The summed E-state index contributed by atoms with van der Waals surface area (Å²) in [5, 5.41) is 0.872. The zero-order chi connectivity index (χ0) is 12.8. The molecule has 2 rings (SSSR count). The topological polar surface area (TPSA) is 61.3 Å². The molecule has 0 N–H and O–H groups in total. The molecule has 0 amide bonds. The first-order chi connectivity index (χ1) is 8.81. The van der Waals surface area contributed by atoms with Crippen LogP contribution in [0.3, 0.4) is 0 Å². The lowest BCUT2D eigenvalue weighted by atomic mass is 10.2. The summed E-state index contributed by atoms with van der Waals surface area (Å²) in [7, 11) is 1.61. The summed E-state index contributed by atoms with van der Waals surface area (Å²) in [6.07, 6.45) is 5.51. The second-order valence-corrected chi connectivity index (χ2v) is 3.77. The zero-order valence-electron chi connectivity index (χ0n) is 10.1.